The van der Waals surface area contributed by atoms with Crippen LogP contribution in [0.1, 0.15) is 24.6 Å². The summed E-state index contributed by atoms with van der Waals surface area (Å²) in [5.41, 5.74) is 7.52. The summed E-state index contributed by atoms with van der Waals surface area (Å²) in [5.74, 6) is -0.365. The fourth-order valence-electron chi connectivity index (χ4n) is 4.83. The van der Waals surface area contributed by atoms with Gasteiger partial charge in [-0.25, -0.2) is 9.78 Å². The molecule has 3 aliphatic heterocycles. The summed E-state index contributed by atoms with van der Waals surface area (Å²) in [6.45, 7) is 2.66. The van der Waals surface area contributed by atoms with E-state index in [-0.39, 0.29) is 40.9 Å². The minimum absolute atomic E-state index is 0.0221. The summed E-state index contributed by atoms with van der Waals surface area (Å²) in [4.78, 5) is 50.4. The van der Waals surface area contributed by atoms with Gasteiger partial charge in [-0.3, -0.25) is 14.5 Å². The number of anilines is 1. The van der Waals surface area contributed by atoms with E-state index in [0.29, 0.717) is 18.1 Å². The first-order valence-corrected chi connectivity index (χ1v) is 14.5. The number of oxime groups is 1. The third kappa shape index (κ3) is 5.38. The van der Waals surface area contributed by atoms with Crippen molar-refractivity contribution in [2.75, 3.05) is 32.3 Å². The van der Waals surface area contributed by atoms with Crippen molar-refractivity contribution in [2.24, 2.45) is 11.1 Å². The van der Waals surface area contributed by atoms with E-state index in [0.717, 1.165) is 28.9 Å². The minimum atomic E-state index is -0.886. The maximum absolute atomic E-state index is 13.5. The number of carbonyl (C=O) groups is 3. The van der Waals surface area contributed by atoms with E-state index < -0.39 is 29.2 Å². The molecule has 212 valence electrons. The molecule has 2 amide bonds. The zero-order valence-electron chi connectivity index (χ0n) is 22.1. The van der Waals surface area contributed by atoms with E-state index >= 15 is 0 Å². The summed E-state index contributed by atoms with van der Waals surface area (Å²) in [6.07, 6.45) is 0.556. The van der Waals surface area contributed by atoms with E-state index in [2.05, 4.69) is 22.4 Å². The van der Waals surface area contributed by atoms with Crippen LogP contribution in [-0.4, -0.2) is 77.5 Å². The molecule has 0 radical (unpaired) electrons. The smallest absolute Gasteiger partial charge is 0.355 e. The number of carbonyl (C=O) groups excluding carboxylic acids is 3. The van der Waals surface area contributed by atoms with Gasteiger partial charge in [0, 0.05) is 17.7 Å². The lowest BCUT2D eigenvalue weighted by Crippen LogP contribution is -2.71. The van der Waals surface area contributed by atoms with Crippen molar-refractivity contribution in [1.29, 1.82) is 0 Å². The third-order valence-corrected chi connectivity index (χ3v) is 8.88. The Bertz CT molecular complexity index is 1360. The zero-order valence-corrected chi connectivity index (χ0v) is 23.8. The standard InChI is InChI=1S/C26H29N5O7S2/c1-13-8-9-37-21(13)16-11-39-24-19(29-22(32)18(30-36-3)17-12-40-26(27)28-17)23(33)31(24)20(16)25(34)38-10-14-4-6-15(35-2)7-5-14/h4-7,12-13,19,21,24H,8-11H2,1-3H3,(H2,27,28)(H,29,32)/b30-18-/t13-,19+,21+,24+/m0/s1. The van der Waals surface area contributed by atoms with Crippen LogP contribution in [0.4, 0.5) is 5.13 Å². The summed E-state index contributed by atoms with van der Waals surface area (Å²) >= 11 is 2.60. The topological polar surface area (TPSA) is 155 Å². The lowest BCUT2D eigenvalue weighted by Gasteiger charge is -2.50. The normalized spacial score (nSPS) is 24.3. The van der Waals surface area contributed by atoms with Crippen molar-refractivity contribution < 1.29 is 33.4 Å². The molecule has 5 rings (SSSR count). The van der Waals surface area contributed by atoms with Gasteiger partial charge in [-0.1, -0.05) is 24.2 Å². The Balaban J connectivity index is 1.36. The number of methoxy groups -OCH3 is 1. The number of thiazole rings is 1. The van der Waals surface area contributed by atoms with Crippen molar-refractivity contribution >= 4 is 51.7 Å². The van der Waals surface area contributed by atoms with Crippen LogP contribution in [0.3, 0.4) is 0 Å². The molecule has 3 N–H and O–H groups in total. The maximum atomic E-state index is 13.5. The summed E-state index contributed by atoms with van der Waals surface area (Å²) in [6, 6.07) is 6.28. The van der Waals surface area contributed by atoms with Crippen LogP contribution in [0, 0.1) is 5.92 Å². The molecule has 1 aromatic carbocycles. The highest BCUT2D eigenvalue weighted by Gasteiger charge is 2.56. The number of benzene rings is 1. The molecular formula is C26H29N5O7S2. The van der Waals surface area contributed by atoms with Gasteiger partial charge in [-0.15, -0.1) is 23.1 Å². The lowest BCUT2D eigenvalue weighted by molar-refractivity contribution is -0.153. The van der Waals surface area contributed by atoms with Gasteiger partial charge in [0.2, 0.25) is 0 Å². The van der Waals surface area contributed by atoms with Crippen molar-refractivity contribution in [1.82, 2.24) is 15.2 Å². The summed E-state index contributed by atoms with van der Waals surface area (Å²) < 4.78 is 16.8. The highest BCUT2D eigenvalue weighted by molar-refractivity contribution is 8.00. The van der Waals surface area contributed by atoms with Crippen LogP contribution >= 0.6 is 23.1 Å². The highest BCUT2D eigenvalue weighted by atomic mass is 32.2. The van der Waals surface area contributed by atoms with E-state index in [9.17, 15) is 14.4 Å². The number of nitrogens with zero attached hydrogens (tertiary/aromatic N) is 3. The van der Waals surface area contributed by atoms with E-state index in [4.69, 9.17) is 24.8 Å². The molecule has 0 unspecified atom stereocenters. The summed E-state index contributed by atoms with van der Waals surface area (Å²) in [5, 5.41) is 7.83. The maximum Gasteiger partial charge on any atom is 0.355 e. The first kappa shape index (κ1) is 27.9. The van der Waals surface area contributed by atoms with Crippen LogP contribution in [0.2, 0.25) is 0 Å². The second kappa shape index (κ2) is 11.9. The molecule has 12 nitrogen and oxygen atoms in total. The third-order valence-electron chi connectivity index (χ3n) is 6.90. The SMILES string of the molecule is CO/N=C(\C(=O)N[C@@H]1C(=O)N2C(C(=O)OCc3ccc(OC)cc3)=C([C@@H]3OCC[C@@H]3C)CS[C@H]12)c1csc(N)n1. The monoisotopic (exact) mass is 587 g/mol. The van der Waals surface area contributed by atoms with Crippen molar-refractivity contribution in [3.63, 3.8) is 0 Å². The van der Waals surface area contributed by atoms with Crippen LogP contribution < -0.4 is 15.8 Å². The number of rotatable bonds is 9. The number of nitrogens with one attached hydrogen (secondary N) is 1. The van der Waals surface area contributed by atoms with Gasteiger partial charge in [-0.05, 0) is 35.6 Å². The van der Waals surface area contributed by atoms with Gasteiger partial charge in [0.05, 0.1) is 13.2 Å². The van der Waals surface area contributed by atoms with Gasteiger partial charge in [-0.2, -0.15) is 0 Å². The second-order valence-electron chi connectivity index (χ2n) is 9.41. The van der Waals surface area contributed by atoms with Gasteiger partial charge < -0.3 is 30.1 Å². The summed E-state index contributed by atoms with van der Waals surface area (Å²) in [7, 11) is 2.88. The molecule has 4 atom stereocenters. The van der Waals surface area contributed by atoms with Gasteiger partial charge >= 0.3 is 5.97 Å². The predicted octanol–water partition coefficient (Wildman–Crippen LogP) is 1.91. The average molecular weight is 588 g/mol. The highest BCUT2D eigenvalue weighted by Crippen LogP contribution is 2.44. The van der Waals surface area contributed by atoms with Crippen molar-refractivity contribution in [3.05, 3.63) is 52.2 Å². The molecule has 1 aromatic heterocycles. The number of thioether (sulfide) groups is 1. The number of nitrogen functional groups attached to an aromatic ring is 1. The molecule has 14 heteroatoms. The molecule has 0 aliphatic carbocycles. The number of amides is 2. The Morgan fingerprint density at radius 3 is 2.67 bits per heavy atom. The predicted molar refractivity (Wildman–Crippen MR) is 148 cm³/mol. The number of aromatic nitrogens is 1. The Hall–Kier alpha value is -3.62. The van der Waals surface area contributed by atoms with Crippen LogP contribution in [0.25, 0.3) is 0 Å². The Morgan fingerprint density at radius 1 is 1.27 bits per heavy atom. The van der Waals surface area contributed by atoms with Gasteiger partial charge in [0.25, 0.3) is 11.8 Å². The molecule has 0 bridgehead atoms. The average Bonchev–Trinajstić information content (AvgIpc) is 3.60. The van der Waals surface area contributed by atoms with Gasteiger partial charge in [0.15, 0.2) is 10.8 Å². The number of hydrogen-bond acceptors (Lipinski definition) is 12. The Labute approximate surface area is 238 Å². The number of β-lactam (4-membered cyclic amide) rings is 1. The Morgan fingerprint density at radius 2 is 2.05 bits per heavy atom. The number of esters is 1. The first-order valence-electron chi connectivity index (χ1n) is 12.5. The quantitative estimate of drug-likeness (QED) is 0.192. The molecule has 0 saturated carbocycles. The molecule has 0 spiro atoms. The molecule has 4 heterocycles. The molecule has 2 fully saturated rings. The molecular weight excluding hydrogens is 558 g/mol. The molecule has 3 aliphatic rings. The van der Waals surface area contributed by atoms with E-state index in [1.165, 1.54) is 23.8 Å². The molecule has 40 heavy (non-hydrogen) atoms. The first-order chi connectivity index (χ1) is 19.3. The number of nitrogens with two attached hydrogens (primary N) is 1. The van der Waals surface area contributed by atoms with Gasteiger partial charge in [0.1, 0.15) is 42.3 Å². The zero-order chi connectivity index (χ0) is 28.4. The fourth-order valence-corrected chi connectivity index (χ4v) is 6.77. The minimum Gasteiger partial charge on any atom is -0.497 e. The van der Waals surface area contributed by atoms with Crippen LogP contribution in [0.15, 0.2) is 46.1 Å². The van der Waals surface area contributed by atoms with Crippen molar-refractivity contribution in [2.45, 2.75) is 37.5 Å². The number of fused-ring (bicyclic) bond motifs is 1. The lowest BCUT2D eigenvalue weighted by atomic mass is 9.94. The second-order valence-corrected chi connectivity index (χ2v) is 11.4. The number of ether oxygens (including phenoxy) is 3. The van der Waals surface area contributed by atoms with Crippen LogP contribution in [-0.2, 0) is 35.3 Å². The van der Waals surface area contributed by atoms with Crippen molar-refractivity contribution in [3.8, 4) is 5.75 Å². The van der Waals surface area contributed by atoms with E-state index in [1.807, 2.05) is 0 Å². The largest absolute Gasteiger partial charge is 0.497 e. The van der Waals surface area contributed by atoms with Crippen LogP contribution in [0.5, 0.6) is 5.75 Å². The van der Waals surface area contributed by atoms with E-state index in [1.54, 1.807) is 36.8 Å². The number of hydrogen-bond donors (Lipinski definition) is 2. The molecule has 2 aromatic rings. The molecule has 2 saturated heterocycles. The fraction of sp³-hybridized carbons (Fsp3) is 0.423. The Kier molecular flexibility index (Phi) is 8.28.